The number of amides is 2. The van der Waals surface area contributed by atoms with Crippen LogP contribution >= 0.6 is 0 Å². The molecule has 2 N–H and O–H groups in total. The van der Waals surface area contributed by atoms with Crippen molar-refractivity contribution in [2.45, 2.75) is 27.3 Å². The molecular formula is C18H23N5O2. The lowest BCUT2D eigenvalue weighted by atomic mass is 10.2. The lowest BCUT2D eigenvalue weighted by molar-refractivity contribution is 0.249. The summed E-state index contributed by atoms with van der Waals surface area (Å²) in [5, 5.41) is 18.6. The van der Waals surface area contributed by atoms with Gasteiger partial charge >= 0.3 is 6.03 Å². The van der Waals surface area contributed by atoms with Crippen LogP contribution in [-0.2, 0) is 6.54 Å². The van der Waals surface area contributed by atoms with Gasteiger partial charge in [-0.25, -0.2) is 4.79 Å². The van der Waals surface area contributed by atoms with Crippen molar-refractivity contribution in [3.05, 3.63) is 41.7 Å². The first kappa shape index (κ1) is 18.3. The van der Waals surface area contributed by atoms with Crippen LogP contribution in [0.4, 0.5) is 10.5 Å². The molecule has 0 radical (unpaired) electrons. The van der Waals surface area contributed by atoms with Crippen molar-refractivity contribution >= 4 is 11.7 Å². The van der Waals surface area contributed by atoms with Crippen molar-refractivity contribution in [2.75, 3.05) is 18.5 Å². The third-order valence-corrected chi connectivity index (χ3v) is 3.59. The van der Waals surface area contributed by atoms with Crippen LogP contribution in [0.1, 0.15) is 18.3 Å². The number of aryl methyl sites for hydroxylation is 2. The summed E-state index contributed by atoms with van der Waals surface area (Å²) in [6, 6.07) is 10.6. The largest absolute Gasteiger partial charge is 0.479 e. The molecule has 2 amide bonds. The minimum Gasteiger partial charge on any atom is -0.479 e. The van der Waals surface area contributed by atoms with Crippen molar-refractivity contribution in [2.24, 2.45) is 5.92 Å². The van der Waals surface area contributed by atoms with E-state index in [0.29, 0.717) is 18.0 Å². The molecule has 25 heavy (non-hydrogen) atoms. The van der Waals surface area contributed by atoms with E-state index in [1.165, 1.54) is 0 Å². The van der Waals surface area contributed by atoms with Gasteiger partial charge < -0.3 is 15.4 Å². The van der Waals surface area contributed by atoms with Gasteiger partial charge in [-0.2, -0.15) is 10.4 Å². The van der Waals surface area contributed by atoms with E-state index < -0.39 is 0 Å². The molecule has 1 heterocycles. The third kappa shape index (κ3) is 5.84. The maximum Gasteiger partial charge on any atom is 0.319 e. The molecule has 2 rings (SSSR count). The molecule has 2 aromatic rings. The highest BCUT2D eigenvalue weighted by Gasteiger charge is 2.09. The predicted octanol–water partition coefficient (Wildman–Crippen LogP) is 2.86. The van der Waals surface area contributed by atoms with Gasteiger partial charge in [-0.1, -0.05) is 13.0 Å². The maximum atomic E-state index is 12.0. The molecule has 1 aromatic carbocycles. The first-order chi connectivity index (χ1) is 12.0. The average molecular weight is 341 g/mol. The predicted molar refractivity (Wildman–Crippen MR) is 95.4 cm³/mol. The van der Waals surface area contributed by atoms with Crippen molar-refractivity contribution in [3.8, 4) is 11.8 Å². The molecule has 132 valence electrons. The Kier molecular flexibility index (Phi) is 6.40. The Morgan fingerprint density at radius 2 is 2.20 bits per heavy atom. The highest BCUT2D eigenvalue weighted by Crippen LogP contribution is 2.17. The van der Waals surface area contributed by atoms with Gasteiger partial charge in [0.15, 0.2) is 6.61 Å². The Balaban J connectivity index is 1.80. The summed E-state index contributed by atoms with van der Waals surface area (Å²) in [6.45, 7) is 7.31. The molecule has 0 spiro atoms. The highest BCUT2D eigenvalue weighted by molar-refractivity contribution is 5.89. The molecule has 0 saturated carbocycles. The number of anilines is 1. The number of hydrogen-bond donors (Lipinski definition) is 2. The molecule has 0 fully saturated rings. The highest BCUT2D eigenvalue weighted by atomic mass is 16.5. The van der Waals surface area contributed by atoms with Crippen LogP contribution in [0.15, 0.2) is 30.3 Å². The second-order valence-corrected chi connectivity index (χ2v) is 6.02. The quantitative estimate of drug-likeness (QED) is 0.810. The molecule has 0 bridgehead atoms. The number of urea groups is 1. The van der Waals surface area contributed by atoms with Gasteiger partial charge in [0.1, 0.15) is 11.8 Å². The second kappa shape index (κ2) is 8.73. The van der Waals surface area contributed by atoms with Crippen LogP contribution in [0.3, 0.4) is 0 Å². The third-order valence-electron chi connectivity index (χ3n) is 3.59. The molecule has 7 nitrogen and oxygen atoms in total. The molecule has 7 heteroatoms. The summed E-state index contributed by atoms with van der Waals surface area (Å²) >= 11 is 0. The van der Waals surface area contributed by atoms with E-state index >= 15 is 0 Å². The monoisotopic (exact) mass is 341 g/mol. The van der Waals surface area contributed by atoms with E-state index in [0.717, 1.165) is 17.9 Å². The maximum absolute atomic E-state index is 12.0. The minimum absolute atomic E-state index is 0.0283. The second-order valence-electron chi connectivity index (χ2n) is 6.02. The van der Waals surface area contributed by atoms with E-state index in [4.69, 9.17) is 10.00 Å². The van der Waals surface area contributed by atoms with Crippen molar-refractivity contribution in [1.82, 2.24) is 15.1 Å². The van der Waals surface area contributed by atoms with Crippen molar-refractivity contribution in [3.63, 3.8) is 0 Å². The van der Waals surface area contributed by atoms with Gasteiger partial charge in [0.25, 0.3) is 0 Å². The van der Waals surface area contributed by atoms with E-state index in [-0.39, 0.29) is 18.6 Å². The fourth-order valence-electron chi connectivity index (χ4n) is 2.44. The number of hydrogen-bond acceptors (Lipinski definition) is 4. The fraction of sp³-hybridized carbons (Fsp3) is 0.389. The summed E-state index contributed by atoms with van der Waals surface area (Å²) in [7, 11) is 0. The van der Waals surface area contributed by atoms with E-state index in [1.54, 1.807) is 24.3 Å². The number of carbonyl (C=O) groups is 1. The summed E-state index contributed by atoms with van der Waals surface area (Å²) < 4.78 is 7.17. The van der Waals surface area contributed by atoms with Crippen molar-refractivity contribution in [1.29, 1.82) is 5.26 Å². The van der Waals surface area contributed by atoms with Gasteiger partial charge in [-0.3, -0.25) is 4.68 Å². The lowest BCUT2D eigenvalue weighted by Gasteiger charge is -2.14. The number of rotatable bonds is 7. The number of nitrogens with one attached hydrogen (secondary N) is 2. The van der Waals surface area contributed by atoms with Crippen LogP contribution in [-0.4, -0.2) is 29.0 Å². The average Bonchev–Trinajstić information content (AvgIpc) is 2.88. The lowest BCUT2D eigenvalue weighted by Crippen LogP contribution is -2.33. The van der Waals surface area contributed by atoms with Crippen LogP contribution in [0, 0.1) is 31.1 Å². The Morgan fingerprint density at radius 1 is 1.40 bits per heavy atom. The standard InChI is InChI=1S/C18H23N5O2/c1-13(12-23-15(3)9-14(2)22-23)11-20-18(24)21-16-5-4-6-17(10-16)25-8-7-19/h4-6,9-10,13H,8,11-12H2,1-3H3,(H2,20,21,24)/t13-/m0/s1. The van der Waals surface area contributed by atoms with Gasteiger partial charge in [-0.15, -0.1) is 0 Å². The Morgan fingerprint density at radius 3 is 2.88 bits per heavy atom. The number of nitrogens with zero attached hydrogens (tertiary/aromatic N) is 3. The van der Waals surface area contributed by atoms with E-state index in [1.807, 2.05) is 30.7 Å². The zero-order chi connectivity index (χ0) is 18.2. The number of carbonyl (C=O) groups excluding carboxylic acids is 1. The van der Waals surface area contributed by atoms with Crippen molar-refractivity contribution < 1.29 is 9.53 Å². The smallest absolute Gasteiger partial charge is 0.319 e. The number of nitriles is 1. The van der Waals surface area contributed by atoms with Gasteiger partial charge in [0, 0.05) is 30.5 Å². The van der Waals surface area contributed by atoms with Gasteiger partial charge in [0.05, 0.1) is 5.69 Å². The van der Waals surface area contributed by atoms with Gasteiger partial charge in [0.2, 0.25) is 0 Å². The topological polar surface area (TPSA) is 92.0 Å². The number of benzene rings is 1. The molecule has 0 saturated heterocycles. The molecular weight excluding hydrogens is 318 g/mol. The molecule has 1 aromatic heterocycles. The number of ether oxygens (including phenoxy) is 1. The van der Waals surface area contributed by atoms with Crippen LogP contribution < -0.4 is 15.4 Å². The first-order valence-corrected chi connectivity index (χ1v) is 8.13. The molecule has 0 aliphatic rings. The van der Waals surface area contributed by atoms with Crippen LogP contribution in [0.2, 0.25) is 0 Å². The summed E-state index contributed by atoms with van der Waals surface area (Å²) in [5.41, 5.74) is 2.72. The van der Waals surface area contributed by atoms with Gasteiger partial charge in [-0.05, 0) is 38.0 Å². The summed E-state index contributed by atoms with van der Waals surface area (Å²) in [4.78, 5) is 12.0. The first-order valence-electron chi connectivity index (χ1n) is 8.13. The molecule has 0 unspecified atom stereocenters. The normalized spacial score (nSPS) is 11.4. The van der Waals surface area contributed by atoms with E-state index in [9.17, 15) is 4.79 Å². The molecule has 0 aliphatic heterocycles. The summed E-state index contributed by atoms with van der Waals surface area (Å²) in [6.07, 6.45) is 0. The molecule has 0 aliphatic carbocycles. The SMILES string of the molecule is Cc1cc(C)n(C[C@@H](C)CNC(=O)Nc2cccc(OCC#N)c2)n1. The Hall–Kier alpha value is -3.01. The summed E-state index contributed by atoms with van der Waals surface area (Å²) in [5.74, 6) is 0.784. The zero-order valence-corrected chi connectivity index (χ0v) is 14.7. The zero-order valence-electron chi connectivity index (χ0n) is 14.7. The minimum atomic E-state index is -0.280. The van der Waals surface area contributed by atoms with E-state index in [2.05, 4.69) is 22.7 Å². The van der Waals surface area contributed by atoms with Crippen LogP contribution in [0.25, 0.3) is 0 Å². The fourth-order valence-corrected chi connectivity index (χ4v) is 2.44. The molecule has 1 atom stereocenters. The Labute approximate surface area is 147 Å². The number of aromatic nitrogens is 2. The van der Waals surface area contributed by atoms with Crippen LogP contribution in [0.5, 0.6) is 5.75 Å². The Bertz CT molecular complexity index is 763.